The Labute approximate surface area is 119 Å². The molecule has 2 N–H and O–H groups in total. The van der Waals surface area contributed by atoms with Crippen LogP contribution in [-0.2, 0) is 10.8 Å². The van der Waals surface area contributed by atoms with Gasteiger partial charge in [-0.1, -0.05) is 32.0 Å². The van der Waals surface area contributed by atoms with Crippen molar-refractivity contribution in [2.24, 2.45) is 17.6 Å². The molecule has 4 atom stereocenters. The second-order valence-electron chi connectivity index (χ2n) is 6.08. The van der Waals surface area contributed by atoms with Crippen molar-refractivity contribution in [3.63, 3.8) is 0 Å². The highest BCUT2D eigenvalue weighted by molar-refractivity contribution is 7.85. The summed E-state index contributed by atoms with van der Waals surface area (Å²) in [5.74, 6) is 1.32. The van der Waals surface area contributed by atoms with Crippen LogP contribution in [0.3, 0.4) is 0 Å². The molecule has 2 rings (SSSR count). The van der Waals surface area contributed by atoms with E-state index in [0.717, 1.165) is 23.3 Å². The molecule has 0 bridgehead atoms. The summed E-state index contributed by atoms with van der Waals surface area (Å²) in [6.07, 6.45) is 3.19. The summed E-state index contributed by atoms with van der Waals surface area (Å²) >= 11 is 0. The van der Waals surface area contributed by atoms with Crippen molar-refractivity contribution in [2.75, 3.05) is 0 Å². The number of aryl methyl sites for hydroxylation is 1. The van der Waals surface area contributed by atoms with Crippen LogP contribution in [0.5, 0.6) is 0 Å². The number of hydrogen-bond acceptors (Lipinski definition) is 2. The van der Waals surface area contributed by atoms with E-state index in [1.54, 1.807) is 0 Å². The molecule has 19 heavy (non-hydrogen) atoms. The largest absolute Gasteiger partial charge is 0.327 e. The van der Waals surface area contributed by atoms with Gasteiger partial charge in [0.25, 0.3) is 0 Å². The highest BCUT2D eigenvalue weighted by atomic mass is 32.2. The van der Waals surface area contributed by atoms with E-state index in [-0.39, 0.29) is 11.3 Å². The lowest BCUT2D eigenvalue weighted by Crippen LogP contribution is -2.44. The summed E-state index contributed by atoms with van der Waals surface area (Å²) in [7, 11) is -0.974. The van der Waals surface area contributed by atoms with Crippen LogP contribution < -0.4 is 5.73 Å². The Morgan fingerprint density at radius 2 is 1.95 bits per heavy atom. The first-order valence-electron chi connectivity index (χ1n) is 7.22. The Bertz CT molecular complexity index is 458. The highest BCUT2D eigenvalue weighted by Gasteiger charge is 2.34. The molecule has 1 aliphatic rings. The molecular formula is C16H25NOS. The molecule has 0 aromatic heterocycles. The molecule has 0 saturated heterocycles. The van der Waals surface area contributed by atoms with Crippen molar-refractivity contribution in [3.05, 3.63) is 29.8 Å². The summed E-state index contributed by atoms with van der Waals surface area (Å²) in [4.78, 5) is 0.965. The van der Waals surface area contributed by atoms with Crippen LogP contribution >= 0.6 is 0 Å². The molecule has 3 heteroatoms. The lowest BCUT2D eigenvalue weighted by molar-refractivity contribution is 0.264. The van der Waals surface area contributed by atoms with Gasteiger partial charge >= 0.3 is 0 Å². The molecule has 1 aliphatic carbocycles. The van der Waals surface area contributed by atoms with E-state index in [0.29, 0.717) is 11.8 Å². The zero-order valence-electron chi connectivity index (χ0n) is 12.1. The fourth-order valence-corrected chi connectivity index (χ4v) is 4.78. The van der Waals surface area contributed by atoms with E-state index in [4.69, 9.17) is 5.73 Å². The standard InChI is InChI=1S/C16H25NOS/c1-11(2)13-8-9-14(17)16(10-13)19(18)15-7-5-4-6-12(15)3/h4-7,11,13-14,16H,8-10,17H2,1-3H3. The van der Waals surface area contributed by atoms with Crippen molar-refractivity contribution >= 4 is 10.8 Å². The summed E-state index contributed by atoms with van der Waals surface area (Å²) in [5.41, 5.74) is 7.35. The third-order valence-corrected chi connectivity index (χ3v) is 6.40. The minimum Gasteiger partial charge on any atom is -0.327 e. The zero-order valence-corrected chi connectivity index (χ0v) is 13.0. The minimum absolute atomic E-state index is 0.0791. The van der Waals surface area contributed by atoms with Crippen LogP contribution in [-0.4, -0.2) is 15.5 Å². The van der Waals surface area contributed by atoms with Gasteiger partial charge in [0.2, 0.25) is 0 Å². The molecule has 2 nitrogen and oxygen atoms in total. The normalized spacial score (nSPS) is 29.4. The third kappa shape index (κ3) is 3.26. The van der Waals surface area contributed by atoms with E-state index < -0.39 is 10.8 Å². The number of nitrogens with two attached hydrogens (primary N) is 1. The van der Waals surface area contributed by atoms with Gasteiger partial charge in [-0.05, 0) is 49.7 Å². The summed E-state index contributed by atoms with van der Waals surface area (Å²) in [6.45, 7) is 6.55. The van der Waals surface area contributed by atoms with Crippen molar-refractivity contribution in [2.45, 2.75) is 56.2 Å². The fourth-order valence-electron chi connectivity index (χ4n) is 2.98. The van der Waals surface area contributed by atoms with Gasteiger partial charge in [0.15, 0.2) is 0 Å². The van der Waals surface area contributed by atoms with E-state index >= 15 is 0 Å². The van der Waals surface area contributed by atoms with Crippen LogP contribution in [0.25, 0.3) is 0 Å². The van der Waals surface area contributed by atoms with Gasteiger partial charge in [-0.2, -0.15) is 0 Å². The average molecular weight is 279 g/mol. The maximum Gasteiger partial charge on any atom is 0.0579 e. The van der Waals surface area contributed by atoms with Crippen molar-refractivity contribution in [1.82, 2.24) is 0 Å². The van der Waals surface area contributed by atoms with Gasteiger partial charge < -0.3 is 5.73 Å². The molecule has 1 saturated carbocycles. The molecule has 1 fully saturated rings. The van der Waals surface area contributed by atoms with E-state index in [9.17, 15) is 4.21 Å². The molecule has 4 unspecified atom stereocenters. The Kier molecular flexibility index (Phi) is 4.80. The SMILES string of the molecule is Cc1ccccc1S(=O)C1CC(C(C)C)CCC1N. The Hall–Kier alpha value is -0.670. The Morgan fingerprint density at radius 3 is 2.58 bits per heavy atom. The van der Waals surface area contributed by atoms with Crippen LogP contribution in [0.1, 0.15) is 38.7 Å². The monoisotopic (exact) mass is 279 g/mol. The first kappa shape index (κ1) is 14.7. The lowest BCUT2D eigenvalue weighted by Gasteiger charge is -2.35. The number of hydrogen-bond donors (Lipinski definition) is 1. The number of benzene rings is 1. The topological polar surface area (TPSA) is 43.1 Å². The smallest absolute Gasteiger partial charge is 0.0579 e. The summed E-state index contributed by atoms with van der Waals surface area (Å²) in [5, 5.41) is 0.113. The van der Waals surface area contributed by atoms with Gasteiger partial charge in [0, 0.05) is 10.9 Å². The number of rotatable bonds is 3. The van der Waals surface area contributed by atoms with Crippen LogP contribution in [0.2, 0.25) is 0 Å². The van der Waals surface area contributed by atoms with Gasteiger partial charge in [0.05, 0.1) is 16.0 Å². The summed E-state index contributed by atoms with van der Waals surface area (Å²) in [6, 6.07) is 8.05. The van der Waals surface area contributed by atoms with Gasteiger partial charge in [-0.25, -0.2) is 0 Å². The van der Waals surface area contributed by atoms with E-state index in [2.05, 4.69) is 13.8 Å². The average Bonchev–Trinajstić information content (AvgIpc) is 2.38. The van der Waals surface area contributed by atoms with Gasteiger partial charge in [-0.3, -0.25) is 4.21 Å². The van der Waals surface area contributed by atoms with Crippen molar-refractivity contribution in [3.8, 4) is 0 Å². The molecule has 0 radical (unpaired) electrons. The molecular weight excluding hydrogens is 254 g/mol. The molecule has 0 heterocycles. The third-order valence-electron chi connectivity index (χ3n) is 4.41. The molecule has 0 aliphatic heterocycles. The van der Waals surface area contributed by atoms with Crippen LogP contribution in [0.4, 0.5) is 0 Å². The van der Waals surface area contributed by atoms with Gasteiger partial charge in [0.1, 0.15) is 0 Å². The van der Waals surface area contributed by atoms with Crippen molar-refractivity contribution in [1.29, 1.82) is 0 Å². The quantitative estimate of drug-likeness (QED) is 0.923. The van der Waals surface area contributed by atoms with Crippen LogP contribution in [0, 0.1) is 18.8 Å². The second-order valence-corrected chi connectivity index (χ2v) is 7.72. The minimum atomic E-state index is -0.974. The van der Waals surface area contributed by atoms with E-state index in [1.807, 2.05) is 31.2 Å². The van der Waals surface area contributed by atoms with Crippen LogP contribution in [0.15, 0.2) is 29.2 Å². The maximum atomic E-state index is 12.8. The van der Waals surface area contributed by atoms with E-state index in [1.165, 1.54) is 6.42 Å². The molecule has 1 aromatic carbocycles. The first-order valence-corrected chi connectivity index (χ1v) is 8.43. The highest BCUT2D eigenvalue weighted by Crippen LogP contribution is 2.34. The Balaban J connectivity index is 2.19. The fraction of sp³-hybridized carbons (Fsp3) is 0.625. The maximum absolute atomic E-state index is 12.8. The molecule has 0 spiro atoms. The molecule has 0 amide bonds. The summed E-state index contributed by atoms with van der Waals surface area (Å²) < 4.78 is 12.8. The van der Waals surface area contributed by atoms with Gasteiger partial charge in [-0.15, -0.1) is 0 Å². The lowest BCUT2D eigenvalue weighted by atomic mass is 9.79. The second kappa shape index (κ2) is 6.19. The Morgan fingerprint density at radius 1 is 1.26 bits per heavy atom. The molecule has 106 valence electrons. The first-order chi connectivity index (χ1) is 9.00. The zero-order chi connectivity index (χ0) is 14.0. The van der Waals surface area contributed by atoms with Crippen molar-refractivity contribution < 1.29 is 4.21 Å². The predicted molar refractivity (Wildman–Crippen MR) is 81.5 cm³/mol. The molecule has 1 aromatic rings. The predicted octanol–water partition coefficient (Wildman–Crippen LogP) is 3.25.